The molecule has 0 unspecified atom stereocenters. The zero-order chi connectivity index (χ0) is 30.2. The third-order valence-corrected chi connectivity index (χ3v) is 8.38. The van der Waals surface area contributed by atoms with E-state index < -0.39 is 24.2 Å². The van der Waals surface area contributed by atoms with Crippen LogP contribution in [-0.4, -0.2) is 46.1 Å². The quantitative estimate of drug-likeness (QED) is 0.0471. The second kappa shape index (κ2) is 32.0. The van der Waals surface area contributed by atoms with E-state index in [9.17, 15) is 20.1 Å². The van der Waals surface area contributed by atoms with Gasteiger partial charge < -0.3 is 20.6 Å². The van der Waals surface area contributed by atoms with Crippen molar-refractivity contribution >= 4 is 5.91 Å². The lowest BCUT2D eigenvalue weighted by atomic mass is 10.0. The number of carbonyl (C=O) groups is 1. The van der Waals surface area contributed by atoms with Crippen LogP contribution in [-0.2, 0) is 4.79 Å². The first-order chi connectivity index (χ1) is 20.1. The van der Waals surface area contributed by atoms with Crippen LogP contribution in [0.4, 0.5) is 0 Å². The maximum Gasteiger partial charge on any atom is 0.249 e. The van der Waals surface area contributed by atoms with E-state index in [1.54, 1.807) is 6.08 Å². The number of amides is 1. The van der Waals surface area contributed by atoms with Crippen molar-refractivity contribution in [2.75, 3.05) is 6.61 Å². The number of nitrogens with one attached hydrogen (secondary N) is 1. The van der Waals surface area contributed by atoms with Crippen LogP contribution in [0.25, 0.3) is 0 Å². The first-order valence-electron chi connectivity index (χ1n) is 18.0. The molecule has 0 heterocycles. The summed E-state index contributed by atoms with van der Waals surface area (Å²) >= 11 is 0. The predicted molar refractivity (Wildman–Crippen MR) is 176 cm³/mol. The molecule has 4 N–H and O–H groups in total. The van der Waals surface area contributed by atoms with Crippen molar-refractivity contribution in [2.24, 2.45) is 0 Å². The lowest BCUT2D eigenvalue weighted by Crippen LogP contribution is -2.48. The molecular weight excluding hydrogens is 510 g/mol. The molecular formula is C36H71NO4. The van der Waals surface area contributed by atoms with E-state index in [2.05, 4.69) is 19.2 Å². The highest BCUT2D eigenvalue weighted by Crippen LogP contribution is 2.15. The Morgan fingerprint density at radius 3 is 1.34 bits per heavy atom. The van der Waals surface area contributed by atoms with Crippen molar-refractivity contribution in [1.82, 2.24) is 5.32 Å². The van der Waals surface area contributed by atoms with Crippen LogP contribution in [0.5, 0.6) is 0 Å². The Morgan fingerprint density at radius 2 is 0.951 bits per heavy atom. The van der Waals surface area contributed by atoms with Gasteiger partial charge in [0, 0.05) is 0 Å². The topological polar surface area (TPSA) is 89.8 Å². The first-order valence-corrected chi connectivity index (χ1v) is 18.0. The zero-order valence-corrected chi connectivity index (χ0v) is 27.4. The number of unbranched alkanes of at least 4 members (excludes halogenated alkanes) is 24. The molecule has 0 radical (unpaired) electrons. The van der Waals surface area contributed by atoms with Gasteiger partial charge in [-0.1, -0.05) is 180 Å². The Labute approximate surface area is 255 Å². The largest absolute Gasteiger partial charge is 0.394 e. The van der Waals surface area contributed by atoms with Gasteiger partial charge >= 0.3 is 0 Å². The first kappa shape index (κ1) is 40.1. The summed E-state index contributed by atoms with van der Waals surface area (Å²) in [6.45, 7) is 4.16. The van der Waals surface area contributed by atoms with Gasteiger partial charge in [-0.05, 0) is 19.3 Å². The number of rotatable bonds is 32. The van der Waals surface area contributed by atoms with Gasteiger partial charge in [-0.25, -0.2) is 0 Å². The van der Waals surface area contributed by atoms with Crippen molar-refractivity contribution in [2.45, 2.75) is 205 Å². The fourth-order valence-corrected chi connectivity index (χ4v) is 5.48. The summed E-state index contributed by atoms with van der Waals surface area (Å²) in [5.41, 5.74) is 0. The zero-order valence-electron chi connectivity index (χ0n) is 27.4. The van der Waals surface area contributed by atoms with E-state index in [-0.39, 0.29) is 6.61 Å². The van der Waals surface area contributed by atoms with Crippen LogP contribution >= 0.6 is 0 Å². The number of aliphatic hydroxyl groups excluding tert-OH is 3. The average molecular weight is 582 g/mol. The lowest BCUT2D eigenvalue weighted by molar-refractivity contribution is -0.131. The van der Waals surface area contributed by atoms with Crippen LogP contribution in [0.2, 0.25) is 0 Å². The molecule has 0 aliphatic carbocycles. The Morgan fingerprint density at radius 1 is 0.585 bits per heavy atom. The molecule has 1 amide bonds. The summed E-state index contributed by atoms with van der Waals surface area (Å²) in [5.74, 6) is -0.503. The highest BCUT2D eigenvalue weighted by Gasteiger charge is 2.22. The smallest absolute Gasteiger partial charge is 0.249 e. The molecule has 0 saturated heterocycles. The average Bonchev–Trinajstić information content (AvgIpc) is 2.98. The monoisotopic (exact) mass is 582 g/mol. The molecule has 0 saturated carbocycles. The molecule has 0 aromatic carbocycles. The van der Waals surface area contributed by atoms with Crippen LogP contribution in [0.3, 0.4) is 0 Å². The Hall–Kier alpha value is -0.910. The SMILES string of the molecule is CCCCCCCCCCCCC/C=C/[C@@H](O)[C@H](CO)NC(=O)[C@@H](O)CCCCCCCCCCCCCCCC. The minimum absolute atomic E-state index is 0.360. The minimum Gasteiger partial charge on any atom is -0.394 e. The second-order valence-corrected chi connectivity index (χ2v) is 12.4. The summed E-state index contributed by atoms with van der Waals surface area (Å²) < 4.78 is 0. The van der Waals surface area contributed by atoms with Crippen molar-refractivity contribution in [3.05, 3.63) is 12.2 Å². The van der Waals surface area contributed by atoms with E-state index in [1.807, 2.05) is 6.08 Å². The summed E-state index contributed by atoms with van der Waals surface area (Å²) in [6.07, 6.45) is 35.0. The molecule has 0 spiro atoms. The van der Waals surface area contributed by atoms with Crippen molar-refractivity contribution in [3.63, 3.8) is 0 Å². The molecule has 0 aliphatic rings. The third kappa shape index (κ3) is 27.7. The van der Waals surface area contributed by atoms with Crippen LogP contribution < -0.4 is 5.32 Å². The lowest BCUT2D eigenvalue weighted by Gasteiger charge is -2.21. The van der Waals surface area contributed by atoms with Crippen LogP contribution in [0, 0.1) is 0 Å². The van der Waals surface area contributed by atoms with E-state index in [0.717, 1.165) is 32.1 Å². The number of hydrogen-bond donors (Lipinski definition) is 4. The molecule has 0 aromatic heterocycles. The molecule has 3 atom stereocenters. The number of allylic oxidation sites excluding steroid dienone is 1. The van der Waals surface area contributed by atoms with E-state index in [1.165, 1.54) is 135 Å². The van der Waals surface area contributed by atoms with Crippen LogP contribution in [0.15, 0.2) is 12.2 Å². The molecule has 41 heavy (non-hydrogen) atoms. The third-order valence-electron chi connectivity index (χ3n) is 8.38. The van der Waals surface area contributed by atoms with Gasteiger partial charge in [-0.2, -0.15) is 0 Å². The van der Waals surface area contributed by atoms with Gasteiger partial charge in [-0.15, -0.1) is 0 Å². The molecule has 0 rings (SSSR count). The molecule has 5 heteroatoms. The maximum absolute atomic E-state index is 12.4. The summed E-state index contributed by atoms with van der Waals surface area (Å²) in [7, 11) is 0. The number of aliphatic hydroxyl groups is 3. The molecule has 0 bridgehead atoms. The highest BCUT2D eigenvalue weighted by molar-refractivity contribution is 5.80. The second-order valence-electron chi connectivity index (χ2n) is 12.4. The van der Waals surface area contributed by atoms with Crippen molar-refractivity contribution in [1.29, 1.82) is 0 Å². The van der Waals surface area contributed by atoms with Gasteiger partial charge in [0.15, 0.2) is 0 Å². The minimum atomic E-state index is -1.09. The van der Waals surface area contributed by atoms with Crippen LogP contribution in [0.1, 0.15) is 187 Å². The molecule has 5 nitrogen and oxygen atoms in total. The summed E-state index contributed by atoms with van der Waals surface area (Å²) in [6, 6.07) is -0.790. The van der Waals surface area contributed by atoms with Gasteiger partial charge in [-0.3, -0.25) is 4.79 Å². The summed E-state index contributed by atoms with van der Waals surface area (Å²) in [4.78, 5) is 12.4. The number of hydrogen-bond acceptors (Lipinski definition) is 4. The maximum atomic E-state index is 12.4. The van der Waals surface area contributed by atoms with E-state index in [0.29, 0.717) is 6.42 Å². The Balaban J connectivity index is 3.74. The van der Waals surface area contributed by atoms with Gasteiger partial charge in [0.2, 0.25) is 5.91 Å². The molecule has 0 aromatic rings. The molecule has 0 fully saturated rings. The van der Waals surface area contributed by atoms with Gasteiger partial charge in [0.1, 0.15) is 6.10 Å². The van der Waals surface area contributed by atoms with Gasteiger partial charge in [0.25, 0.3) is 0 Å². The normalized spacial score (nSPS) is 14.0. The van der Waals surface area contributed by atoms with Crippen molar-refractivity contribution in [3.8, 4) is 0 Å². The standard InChI is InChI=1S/C36H71NO4/c1-3-5-7-9-11-13-15-17-19-21-23-25-27-29-31-35(40)36(41)37-33(32-38)34(39)30-28-26-24-22-20-18-16-14-12-10-8-6-4-2/h28,30,33-35,38-40H,3-27,29,31-32H2,1-2H3,(H,37,41)/b30-28+/t33-,34+,35-/m0/s1. The van der Waals surface area contributed by atoms with Crippen molar-refractivity contribution < 1.29 is 20.1 Å². The predicted octanol–water partition coefficient (Wildman–Crippen LogP) is 9.31. The van der Waals surface area contributed by atoms with Gasteiger partial charge in [0.05, 0.1) is 18.8 Å². The molecule has 244 valence electrons. The van der Waals surface area contributed by atoms with E-state index in [4.69, 9.17) is 0 Å². The fraction of sp³-hybridized carbons (Fsp3) is 0.917. The number of carbonyl (C=O) groups excluding carboxylic acids is 1. The highest BCUT2D eigenvalue weighted by atomic mass is 16.3. The Bertz CT molecular complexity index is 568. The Kier molecular flexibility index (Phi) is 31.3. The molecule has 0 aliphatic heterocycles. The summed E-state index contributed by atoms with van der Waals surface area (Å²) in [5, 5.41) is 32.9. The van der Waals surface area contributed by atoms with E-state index >= 15 is 0 Å². The fourth-order valence-electron chi connectivity index (χ4n) is 5.48.